The Morgan fingerprint density at radius 3 is 2.31 bits per heavy atom. The molecular formula is C24H18ClNO3. The second kappa shape index (κ2) is 7.57. The van der Waals surface area contributed by atoms with Gasteiger partial charge in [0, 0.05) is 21.7 Å². The predicted octanol–water partition coefficient (Wildman–Crippen LogP) is 5.98. The minimum Gasteiger partial charge on any atom is -0.416 e. The van der Waals surface area contributed by atoms with Crippen LogP contribution in [0.4, 0.5) is 5.69 Å². The van der Waals surface area contributed by atoms with Gasteiger partial charge in [-0.3, -0.25) is 4.79 Å². The molecule has 0 aliphatic rings. The molecule has 1 aromatic heterocycles. The molecular weight excluding hydrogens is 386 g/mol. The highest BCUT2D eigenvalue weighted by atomic mass is 35.5. The molecule has 1 heterocycles. The van der Waals surface area contributed by atoms with Crippen LogP contribution < -0.4 is 10.9 Å². The fraction of sp³-hybridized carbons (Fsp3) is 0.0833. The van der Waals surface area contributed by atoms with Crippen LogP contribution in [0, 0.1) is 13.8 Å². The van der Waals surface area contributed by atoms with Gasteiger partial charge in [-0.05, 0) is 43.2 Å². The molecule has 0 saturated carbocycles. The summed E-state index contributed by atoms with van der Waals surface area (Å²) >= 11 is 6.16. The van der Waals surface area contributed by atoms with E-state index in [0.717, 1.165) is 16.7 Å². The first-order valence-electron chi connectivity index (χ1n) is 9.14. The highest BCUT2D eigenvalue weighted by Gasteiger charge is 2.21. The quantitative estimate of drug-likeness (QED) is 0.457. The third-order valence-electron chi connectivity index (χ3n) is 4.81. The topological polar surface area (TPSA) is 59.3 Å². The fourth-order valence-electron chi connectivity index (χ4n) is 3.23. The van der Waals surface area contributed by atoms with Gasteiger partial charge in [-0.2, -0.15) is 0 Å². The molecule has 0 radical (unpaired) electrons. The summed E-state index contributed by atoms with van der Waals surface area (Å²) in [5.41, 5.74) is 3.34. The Bertz CT molecular complexity index is 1290. The van der Waals surface area contributed by atoms with Gasteiger partial charge in [0.2, 0.25) is 5.76 Å². The zero-order chi connectivity index (χ0) is 20.5. The summed E-state index contributed by atoms with van der Waals surface area (Å²) in [6.07, 6.45) is 0. The summed E-state index contributed by atoms with van der Waals surface area (Å²) in [7, 11) is 0. The molecule has 0 aliphatic carbocycles. The summed E-state index contributed by atoms with van der Waals surface area (Å²) in [5.74, 6) is -0.544. The maximum absolute atomic E-state index is 13.1. The van der Waals surface area contributed by atoms with Crippen LogP contribution in [0.5, 0.6) is 0 Å². The van der Waals surface area contributed by atoms with Gasteiger partial charge in [-0.1, -0.05) is 65.7 Å². The number of carbonyl (C=O) groups is 1. The molecule has 1 N–H and O–H groups in total. The molecule has 4 rings (SSSR count). The summed E-state index contributed by atoms with van der Waals surface area (Å²) in [6, 6.07) is 20.1. The van der Waals surface area contributed by atoms with Crippen LogP contribution in [-0.2, 0) is 0 Å². The summed E-state index contributed by atoms with van der Waals surface area (Å²) in [4.78, 5) is 25.6. The van der Waals surface area contributed by atoms with Crippen LogP contribution >= 0.6 is 11.6 Å². The Balaban J connectivity index is 1.89. The Morgan fingerprint density at radius 1 is 0.931 bits per heavy atom. The van der Waals surface area contributed by atoms with Crippen LogP contribution in [0.1, 0.15) is 21.7 Å². The summed E-state index contributed by atoms with van der Waals surface area (Å²) in [5, 5.41) is 4.42. The first-order valence-corrected chi connectivity index (χ1v) is 9.52. The van der Waals surface area contributed by atoms with E-state index in [1.165, 1.54) is 0 Å². The molecule has 29 heavy (non-hydrogen) atoms. The maximum atomic E-state index is 13.1. The number of anilines is 1. The van der Waals surface area contributed by atoms with Gasteiger partial charge in [0.25, 0.3) is 5.91 Å². The molecule has 0 aliphatic heterocycles. The number of amides is 1. The van der Waals surface area contributed by atoms with Crippen molar-refractivity contribution in [2.24, 2.45) is 0 Å². The van der Waals surface area contributed by atoms with E-state index in [2.05, 4.69) is 5.32 Å². The van der Waals surface area contributed by atoms with Gasteiger partial charge in [0.1, 0.15) is 0 Å². The lowest BCUT2D eigenvalue weighted by Gasteiger charge is -2.13. The molecule has 0 fully saturated rings. The second-order valence-electron chi connectivity index (χ2n) is 6.92. The molecule has 0 saturated heterocycles. The van der Waals surface area contributed by atoms with Crippen molar-refractivity contribution in [1.29, 1.82) is 0 Å². The van der Waals surface area contributed by atoms with Gasteiger partial charge in [0.05, 0.1) is 5.39 Å². The third kappa shape index (κ3) is 3.67. The maximum Gasteiger partial charge on any atom is 0.344 e. The first kappa shape index (κ1) is 19.0. The van der Waals surface area contributed by atoms with Crippen molar-refractivity contribution in [3.05, 3.63) is 99.1 Å². The smallest absolute Gasteiger partial charge is 0.344 e. The molecule has 4 nitrogen and oxygen atoms in total. The molecule has 1 amide bonds. The number of nitrogens with one attached hydrogen (secondary N) is 1. The van der Waals surface area contributed by atoms with Gasteiger partial charge >= 0.3 is 5.63 Å². The van der Waals surface area contributed by atoms with Crippen molar-refractivity contribution in [3.63, 3.8) is 0 Å². The molecule has 5 heteroatoms. The summed E-state index contributed by atoms with van der Waals surface area (Å²) < 4.78 is 5.49. The molecule has 3 aromatic carbocycles. The van der Waals surface area contributed by atoms with Gasteiger partial charge in [-0.25, -0.2) is 4.79 Å². The number of hydrogen-bond acceptors (Lipinski definition) is 3. The van der Waals surface area contributed by atoms with E-state index in [-0.39, 0.29) is 5.76 Å². The van der Waals surface area contributed by atoms with Crippen molar-refractivity contribution in [2.75, 3.05) is 5.32 Å². The van der Waals surface area contributed by atoms with Gasteiger partial charge < -0.3 is 9.73 Å². The Morgan fingerprint density at radius 2 is 1.62 bits per heavy atom. The van der Waals surface area contributed by atoms with E-state index in [1.54, 1.807) is 24.3 Å². The number of aryl methyl sites for hydroxylation is 2. The Kier molecular flexibility index (Phi) is 4.95. The van der Waals surface area contributed by atoms with E-state index in [0.29, 0.717) is 27.0 Å². The average Bonchev–Trinajstić information content (AvgIpc) is 2.71. The van der Waals surface area contributed by atoms with Crippen LogP contribution in [-0.4, -0.2) is 5.91 Å². The highest BCUT2D eigenvalue weighted by molar-refractivity contribution is 6.31. The highest BCUT2D eigenvalue weighted by Crippen LogP contribution is 2.31. The zero-order valence-corrected chi connectivity index (χ0v) is 16.7. The lowest BCUT2D eigenvalue weighted by atomic mass is 9.97. The Labute approximate surface area is 172 Å². The molecule has 4 aromatic rings. The fourth-order valence-corrected chi connectivity index (χ4v) is 3.41. The monoisotopic (exact) mass is 403 g/mol. The number of rotatable bonds is 3. The van der Waals surface area contributed by atoms with E-state index in [4.69, 9.17) is 16.0 Å². The van der Waals surface area contributed by atoms with Crippen molar-refractivity contribution >= 4 is 34.0 Å². The summed E-state index contributed by atoms with van der Waals surface area (Å²) in [6.45, 7) is 3.87. The van der Waals surface area contributed by atoms with Crippen LogP contribution in [0.2, 0.25) is 5.02 Å². The lowest BCUT2D eigenvalue weighted by Crippen LogP contribution is -2.17. The van der Waals surface area contributed by atoms with Crippen molar-refractivity contribution in [1.82, 2.24) is 0 Å². The number of fused-ring (bicyclic) bond motifs is 1. The zero-order valence-electron chi connectivity index (χ0n) is 16.0. The van der Waals surface area contributed by atoms with Crippen molar-refractivity contribution in [2.45, 2.75) is 13.8 Å². The number of halogens is 1. The minimum atomic E-state index is -0.552. The van der Waals surface area contributed by atoms with E-state index in [1.807, 2.05) is 56.3 Å². The molecule has 144 valence electrons. The molecule has 0 bridgehead atoms. The van der Waals surface area contributed by atoms with E-state index in [9.17, 15) is 9.59 Å². The van der Waals surface area contributed by atoms with Crippen LogP contribution in [0.3, 0.4) is 0 Å². The number of hydrogen-bond donors (Lipinski definition) is 1. The third-order valence-corrected chi connectivity index (χ3v) is 5.22. The standard InChI is InChI=1S/C24H18ClNO3/c1-14-7-10-16(11-8-14)21-18-5-3-4-6-19(18)24(28)29-22(21)23(27)26-17-12-9-15(2)20(25)13-17/h3-13H,1-2H3,(H,26,27). The Hall–Kier alpha value is -3.37. The van der Waals surface area contributed by atoms with Crippen LogP contribution in [0.25, 0.3) is 21.9 Å². The van der Waals surface area contributed by atoms with Crippen LogP contribution in [0.15, 0.2) is 75.9 Å². The normalized spacial score (nSPS) is 10.9. The molecule has 0 atom stereocenters. The minimum absolute atomic E-state index is 0.0331. The SMILES string of the molecule is Cc1ccc(-c2c(C(=O)Nc3ccc(C)c(Cl)c3)oc(=O)c3ccccc23)cc1. The lowest BCUT2D eigenvalue weighted by molar-refractivity contribution is 0.0994. The van der Waals surface area contributed by atoms with E-state index >= 15 is 0 Å². The van der Waals surface area contributed by atoms with Crippen molar-refractivity contribution < 1.29 is 9.21 Å². The largest absolute Gasteiger partial charge is 0.416 e. The predicted molar refractivity (Wildman–Crippen MR) is 117 cm³/mol. The van der Waals surface area contributed by atoms with Gasteiger partial charge in [-0.15, -0.1) is 0 Å². The molecule has 0 spiro atoms. The van der Waals surface area contributed by atoms with E-state index < -0.39 is 11.5 Å². The molecule has 0 unspecified atom stereocenters. The number of carbonyl (C=O) groups excluding carboxylic acids is 1. The number of benzene rings is 3. The second-order valence-corrected chi connectivity index (χ2v) is 7.33. The first-order chi connectivity index (χ1) is 13.9. The van der Waals surface area contributed by atoms with Crippen molar-refractivity contribution in [3.8, 4) is 11.1 Å². The average molecular weight is 404 g/mol. The van der Waals surface area contributed by atoms with Gasteiger partial charge in [0.15, 0.2) is 0 Å².